The molecule has 9 nitrogen and oxygen atoms in total. The third kappa shape index (κ3) is 4.57. The van der Waals surface area contributed by atoms with E-state index in [2.05, 4.69) is 15.0 Å². The molecule has 1 aliphatic heterocycles. The van der Waals surface area contributed by atoms with E-state index in [-0.39, 0.29) is 17.5 Å². The van der Waals surface area contributed by atoms with E-state index in [1.54, 1.807) is 24.3 Å². The molecular formula is C18H22N4O5S. The van der Waals surface area contributed by atoms with E-state index in [1.165, 1.54) is 28.5 Å². The zero-order chi connectivity index (χ0) is 20.1. The summed E-state index contributed by atoms with van der Waals surface area (Å²) in [6, 6.07) is 6.26. The lowest BCUT2D eigenvalue weighted by Gasteiger charge is -2.24. The van der Waals surface area contributed by atoms with Crippen molar-refractivity contribution < 1.29 is 22.7 Å². The van der Waals surface area contributed by atoms with Crippen molar-refractivity contribution in [3.63, 3.8) is 0 Å². The standard InChI is InChI=1S/C18H22N4O5S/c1-27-18(24)14-5-7-15(8-6-14)20-16(23)11-21-12-17(19-13-21)28(25,26)22-9-3-2-4-10-22/h5-8,12-13H,2-4,9-11H2,1H3,(H,20,23). The van der Waals surface area contributed by atoms with Gasteiger partial charge in [-0.2, -0.15) is 4.31 Å². The number of piperidine rings is 1. The summed E-state index contributed by atoms with van der Waals surface area (Å²) in [6.07, 6.45) is 5.41. The van der Waals surface area contributed by atoms with Gasteiger partial charge in [-0.15, -0.1) is 0 Å². The van der Waals surface area contributed by atoms with Gasteiger partial charge < -0.3 is 14.6 Å². The maximum atomic E-state index is 12.6. The molecule has 0 aliphatic carbocycles. The second kappa shape index (κ2) is 8.53. The first-order valence-corrected chi connectivity index (χ1v) is 10.3. The van der Waals surface area contributed by atoms with Gasteiger partial charge in [-0.3, -0.25) is 4.79 Å². The Bertz CT molecular complexity index is 947. The van der Waals surface area contributed by atoms with Crippen LogP contribution in [0.2, 0.25) is 0 Å². The molecule has 3 rings (SSSR count). The zero-order valence-electron chi connectivity index (χ0n) is 15.5. The number of carbonyl (C=O) groups is 2. The molecule has 0 bridgehead atoms. The van der Waals surface area contributed by atoms with Crippen LogP contribution < -0.4 is 5.32 Å². The summed E-state index contributed by atoms with van der Waals surface area (Å²) >= 11 is 0. The van der Waals surface area contributed by atoms with Gasteiger partial charge in [0.15, 0.2) is 5.03 Å². The van der Waals surface area contributed by atoms with Gasteiger partial charge in [0.05, 0.1) is 19.0 Å². The fourth-order valence-corrected chi connectivity index (χ4v) is 4.42. The molecule has 1 fully saturated rings. The quantitative estimate of drug-likeness (QED) is 0.728. The fourth-order valence-electron chi connectivity index (χ4n) is 2.97. The minimum atomic E-state index is -3.63. The van der Waals surface area contributed by atoms with Gasteiger partial charge in [0.2, 0.25) is 5.91 Å². The Kier molecular flexibility index (Phi) is 6.10. The summed E-state index contributed by atoms with van der Waals surface area (Å²) in [5, 5.41) is 2.64. The molecule has 0 unspecified atom stereocenters. The minimum absolute atomic E-state index is 0.0513. The predicted octanol–water partition coefficient (Wildman–Crippen LogP) is 1.48. The normalized spacial score (nSPS) is 15.2. The first-order chi connectivity index (χ1) is 13.4. The van der Waals surface area contributed by atoms with Crippen LogP contribution >= 0.6 is 0 Å². The number of sulfonamides is 1. The summed E-state index contributed by atoms with van der Waals surface area (Å²) in [4.78, 5) is 27.6. The Morgan fingerprint density at radius 3 is 2.46 bits per heavy atom. The van der Waals surface area contributed by atoms with Gasteiger partial charge >= 0.3 is 5.97 Å². The summed E-state index contributed by atoms with van der Waals surface area (Å²) in [7, 11) is -2.33. The number of amides is 1. The molecule has 10 heteroatoms. The molecule has 0 radical (unpaired) electrons. The number of benzene rings is 1. The molecular weight excluding hydrogens is 384 g/mol. The molecule has 150 valence electrons. The number of methoxy groups -OCH3 is 1. The van der Waals surface area contributed by atoms with Gasteiger partial charge in [0.1, 0.15) is 6.54 Å². The number of esters is 1. The van der Waals surface area contributed by atoms with Crippen LogP contribution in [0.3, 0.4) is 0 Å². The van der Waals surface area contributed by atoms with Crippen molar-refractivity contribution in [2.75, 3.05) is 25.5 Å². The van der Waals surface area contributed by atoms with Crippen LogP contribution in [0.15, 0.2) is 41.8 Å². The molecule has 1 N–H and O–H groups in total. The van der Waals surface area contributed by atoms with Crippen LogP contribution in [0.4, 0.5) is 5.69 Å². The van der Waals surface area contributed by atoms with Crippen LogP contribution in [0.5, 0.6) is 0 Å². The number of imidazole rings is 1. The Labute approximate surface area is 163 Å². The topological polar surface area (TPSA) is 111 Å². The molecule has 2 heterocycles. The highest BCUT2D eigenvalue weighted by molar-refractivity contribution is 7.89. The average Bonchev–Trinajstić information content (AvgIpc) is 3.17. The van der Waals surface area contributed by atoms with Crippen molar-refractivity contribution in [3.8, 4) is 0 Å². The number of carbonyl (C=O) groups excluding carboxylic acids is 2. The second-order valence-corrected chi connectivity index (χ2v) is 8.35. The van der Waals surface area contributed by atoms with E-state index in [1.807, 2.05) is 0 Å². The molecule has 2 aromatic rings. The Balaban J connectivity index is 1.61. The minimum Gasteiger partial charge on any atom is -0.465 e. The van der Waals surface area contributed by atoms with Gasteiger partial charge in [0.25, 0.3) is 10.0 Å². The Morgan fingerprint density at radius 2 is 1.82 bits per heavy atom. The van der Waals surface area contributed by atoms with E-state index >= 15 is 0 Å². The lowest BCUT2D eigenvalue weighted by molar-refractivity contribution is -0.116. The SMILES string of the molecule is COC(=O)c1ccc(NC(=O)Cn2cnc(S(=O)(=O)N3CCCCC3)c2)cc1. The highest BCUT2D eigenvalue weighted by Gasteiger charge is 2.28. The molecule has 1 aromatic carbocycles. The van der Waals surface area contributed by atoms with E-state index in [4.69, 9.17) is 0 Å². The number of anilines is 1. The van der Waals surface area contributed by atoms with Gasteiger partial charge in [-0.05, 0) is 37.1 Å². The monoisotopic (exact) mass is 406 g/mol. The predicted molar refractivity (Wildman–Crippen MR) is 101 cm³/mol. The third-order valence-corrected chi connectivity index (χ3v) is 6.23. The summed E-state index contributed by atoms with van der Waals surface area (Å²) < 4.78 is 32.7. The van der Waals surface area contributed by atoms with Crippen LogP contribution in [0, 0.1) is 0 Å². The lowest BCUT2D eigenvalue weighted by Crippen LogP contribution is -2.35. The van der Waals surface area contributed by atoms with E-state index in [9.17, 15) is 18.0 Å². The summed E-state index contributed by atoms with van der Waals surface area (Å²) in [6.45, 7) is 0.912. The molecule has 0 atom stereocenters. The van der Waals surface area contributed by atoms with Crippen LogP contribution in [-0.4, -0.2) is 54.3 Å². The largest absolute Gasteiger partial charge is 0.465 e. The van der Waals surface area contributed by atoms with Crippen LogP contribution in [0.1, 0.15) is 29.6 Å². The Hall–Kier alpha value is -2.72. The highest BCUT2D eigenvalue weighted by Crippen LogP contribution is 2.19. The van der Waals surface area contributed by atoms with Gasteiger partial charge in [0, 0.05) is 25.0 Å². The molecule has 1 aliphatic rings. The number of nitrogens with zero attached hydrogens (tertiary/aromatic N) is 3. The smallest absolute Gasteiger partial charge is 0.337 e. The van der Waals surface area contributed by atoms with Gasteiger partial charge in [-0.25, -0.2) is 18.2 Å². The fraction of sp³-hybridized carbons (Fsp3) is 0.389. The number of ether oxygens (including phenoxy) is 1. The summed E-state index contributed by atoms with van der Waals surface area (Å²) in [5.74, 6) is -0.802. The molecule has 1 aromatic heterocycles. The molecule has 0 spiro atoms. The molecule has 1 saturated heterocycles. The van der Waals surface area contributed by atoms with E-state index in [0.29, 0.717) is 24.3 Å². The van der Waals surface area contributed by atoms with Gasteiger partial charge in [-0.1, -0.05) is 6.42 Å². The van der Waals surface area contributed by atoms with Crippen LogP contribution in [0.25, 0.3) is 0 Å². The first kappa shape index (κ1) is 20.0. The highest BCUT2D eigenvalue weighted by atomic mass is 32.2. The molecule has 0 saturated carbocycles. The molecule has 1 amide bonds. The number of hydrogen-bond acceptors (Lipinski definition) is 6. The molecule has 28 heavy (non-hydrogen) atoms. The van der Waals surface area contributed by atoms with Crippen molar-refractivity contribution in [2.45, 2.75) is 30.8 Å². The van der Waals surface area contributed by atoms with Crippen molar-refractivity contribution >= 4 is 27.6 Å². The van der Waals surface area contributed by atoms with Crippen molar-refractivity contribution in [1.29, 1.82) is 0 Å². The zero-order valence-corrected chi connectivity index (χ0v) is 16.3. The number of hydrogen-bond donors (Lipinski definition) is 1. The maximum Gasteiger partial charge on any atom is 0.337 e. The second-order valence-electron chi connectivity index (χ2n) is 6.47. The van der Waals surface area contributed by atoms with Crippen molar-refractivity contribution in [3.05, 3.63) is 42.4 Å². The number of nitrogens with one attached hydrogen (secondary N) is 1. The van der Waals surface area contributed by atoms with Crippen molar-refractivity contribution in [1.82, 2.24) is 13.9 Å². The van der Waals surface area contributed by atoms with E-state index in [0.717, 1.165) is 19.3 Å². The average molecular weight is 406 g/mol. The maximum absolute atomic E-state index is 12.6. The number of aromatic nitrogens is 2. The number of rotatable bonds is 6. The lowest BCUT2D eigenvalue weighted by atomic mass is 10.2. The first-order valence-electron chi connectivity index (χ1n) is 8.90. The summed E-state index contributed by atoms with van der Waals surface area (Å²) in [5.41, 5.74) is 0.890. The van der Waals surface area contributed by atoms with Crippen LogP contribution in [-0.2, 0) is 26.1 Å². The Morgan fingerprint density at radius 1 is 1.14 bits per heavy atom. The van der Waals surface area contributed by atoms with Crippen molar-refractivity contribution in [2.24, 2.45) is 0 Å². The third-order valence-electron chi connectivity index (χ3n) is 4.44. The van der Waals surface area contributed by atoms with E-state index < -0.39 is 16.0 Å².